The normalized spacial score (nSPS) is 33.8. The lowest BCUT2D eigenvalue weighted by Crippen LogP contribution is -2.44. The average Bonchev–Trinajstić information content (AvgIpc) is 2.68. The molecule has 0 aliphatic carbocycles. The second-order valence-corrected chi connectivity index (χ2v) is 4.67. The molecule has 4 heteroatoms. The van der Waals surface area contributed by atoms with Crippen molar-refractivity contribution in [2.45, 2.75) is 25.8 Å². The van der Waals surface area contributed by atoms with Gasteiger partial charge < -0.3 is 10.6 Å². The van der Waals surface area contributed by atoms with Gasteiger partial charge in [0.05, 0.1) is 6.04 Å². The highest BCUT2D eigenvalue weighted by Gasteiger charge is 2.26. The molecule has 0 saturated carbocycles. The summed E-state index contributed by atoms with van der Waals surface area (Å²) in [6, 6.07) is 0.0492. The van der Waals surface area contributed by atoms with Crippen LogP contribution in [0.5, 0.6) is 0 Å². The van der Waals surface area contributed by atoms with E-state index in [0.717, 1.165) is 45.1 Å². The molecular weight excluding hydrogens is 190 g/mol. The molecule has 2 fully saturated rings. The van der Waals surface area contributed by atoms with Gasteiger partial charge in [-0.3, -0.25) is 9.69 Å². The van der Waals surface area contributed by atoms with Crippen LogP contribution in [0.4, 0.5) is 0 Å². The van der Waals surface area contributed by atoms with Crippen LogP contribution in [0.15, 0.2) is 0 Å². The Bertz CT molecular complexity index is 226. The summed E-state index contributed by atoms with van der Waals surface area (Å²) in [4.78, 5) is 14.0. The second kappa shape index (κ2) is 4.94. The molecule has 4 nitrogen and oxygen atoms in total. The predicted octanol–water partition coefficient (Wildman–Crippen LogP) is -0.194. The summed E-state index contributed by atoms with van der Waals surface area (Å²) < 4.78 is 0. The smallest absolute Gasteiger partial charge is 0.237 e. The molecule has 2 saturated heterocycles. The number of nitrogens with zero attached hydrogens (tertiary/aromatic N) is 1. The van der Waals surface area contributed by atoms with E-state index in [9.17, 15) is 4.79 Å². The van der Waals surface area contributed by atoms with Gasteiger partial charge in [-0.2, -0.15) is 0 Å². The maximum Gasteiger partial charge on any atom is 0.237 e. The van der Waals surface area contributed by atoms with Gasteiger partial charge in [-0.25, -0.2) is 0 Å². The number of carbonyl (C=O) groups excluding carboxylic acids is 1. The lowest BCUT2D eigenvalue weighted by molar-refractivity contribution is -0.125. The molecule has 15 heavy (non-hydrogen) atoms. The highest BCUT2D eigenvalue weighted by molar-refractivity contribution is 5.81. The van der Waals surface area contributed by atoms with Crippen molar-refractivity contribution in [3.8, 4) is 0 Å². The molecular formula is C11H21N3O. The van der Waals surface area contributed by atoms with Crippen LogP contribution in [-0.4, -0.2) is 49.6 Å². The Labute approximate surface area is 91.4 Å². The van der Waals surface area contributed by atoms with Crippen LogP contribution < -0.4 is 10.6 Å². The number of amides is 1. The van der Waals surface area contributed by atoms with Crippen molar-refractivity contribution in [3.63, 3.8) is 0 Å². The summed E-state index contributed by atoms with van der Waals surface area (Å²) >= 11 is 0. The number of hydrogen-bond acceptors (Lipinski definition) is 3. The van der Waals surface area contributed by atoms with Crippen LogP contribution in [0, 0.1) is 5.92 Å². The third kappa shape index (κ3) is 2.69. The van der Waals surface area contributed by atoms with Crippen LogP contribution >= 0.6 is 0 Å². The third-order valence-electron chi connectivity index (χ3n) is 3.50. The predicted molar refractivity (Wildman–Crippen MR) is 59.6 cm³/mol. The van der Waals surface area contributed by atoms with E-state index in [1.807, 2.05) is 6.92 Å². The van der Waals surface area contributed by atoms with Crippen molar-refractivity contribution in [2.24, 2.45) is 5.92 Å². The Kier molecular flexibility index (Phi) is 3.59. The standard InChI is InChI=1S/C11H21N3O/c1-9-11(15)13-4-2-6-14(9)8-10-3-5-12-7-10/h9-10,12H,2-8H2,1H3,(H,13,15). The summed E-state index contributed by atoms with van der Waals surface area (Å²) in [5, 5.41) is 6.33. The van der Waals surface area contributed by atoms with Gasteiger partial charge in [-0.05, 0) is 38.8 Å². The highest BCUT2D eigenvalue weighted by Crippen LogP contribution is 2.13. The lowest BCUT2D eigenvalue weighted by atomic mass is 10.1. The van der Waals surface area contributed by atoms with Gasteiger partial charge in [0.1, 0.15) is 0 Å². The number of rotatable bonds is 2. The number of nitrogens with one attached hydrogen (secondary N) is 2. The van der Waals surface area contributed by atoms with Crippen LogP contribution in [0.25, 0.3) is 0 Å². The van der Waals surface area contributed by atoms with Gasteiger partial charge in [0, 0.05) is 19.6 Å². The molecule has 0 aromatic rings. The molecule has 2 atom stereocenters. The fourth-order valence-corrected chi connectivity index (χ4v) is 2.45. The number of carbonyl (C=O) groups is 1. The van der Waals surface area contributed by atoms with E-state index in [0.29, 0.717) is 0 Å². The fourth-order valence-electron chi connectivity index (χ4n) is 2.45. The van der Waals surface area contributed by atoms with Crippen LogP contribution in [-0.2, 0) is 4.79 Å². The van der Waals surface area contributed by atoms with Crippen molar-refractivity contribution in [1.29, 1.82) is 0 Å². The van der Waals surface area contributed by atoms with E-state index >= 15 is 0 Å². The topological polar surface area (TPSA) is 44.4 Å². The maximum atomic E-state index is 11.6. The highest BCUT2D eigenvalue weighted by atomic mass is 16.2. The first kappa shape index (κ1) is 10.9. The van der Waals surface area contributed by atoms with E-state index in [4.69, 9.17) is 0 Å². The molecule has 0 aromatic heterocycles. The van der Waals surface area contributed by atoms with E-state index < -0.39 is 0 Å². The zero-order valence-electron chi connectivity index (χ0n) is 9.46. The quantitative estimate of drug-likeness (QED) is 0.665. The number of hydrogen-bond donors (Lipinski definition) is 2. The van der Waals surface area contributed by atoms with Gasteiger partial charge in [-0.15, -0.1) is 0 Å². The first-order valence-electron chi connectivity index (χ1n) is 6.00. The molecule has 86 valence electrons. The monoisotopic (exact) mass is 211 g/mol. The minimum absolute atomic E-state index is 0.0492. The largest absolute Gasteiger partial charge is 0.355 e. The average molecular weight is 211 g/mol. The molecule has 2 aliphatic heterocycles. The third-order valence-corrected chi connectivity index (χ3v) is 3.50. The van der Waals surface area contributed by atoms with Crippen molar-refractivity contribution in [1.82, 2.24) is 15.5 Å². The Morgan fingerprint density at radius 2 is 2.33 bits per heavy atom. The zero-order valence-corrected chi connectivity index (χ0v) is 9.46. The molecule has 2 rings (SSSR count). The fraction of sp³-hybridized carbons (Fsp3) is 0.909. The summed E-state index contributed by atoms with van der Waals surface area (Å²) in [5.74, 6) is 0.928. The molecule has 0 spiro atoms. The summed E-state index contributed by atoms with van der Waals surface area (Å²) in [6.45, 7) is 7.23. The minimum atomic E-state index is 0.0492. The molecule has 1 amide bonds. The summed E-state index contributed by atoms with van der Waals surface area (Å²) in [7, 11) is 0. The van der Waals surface area contributed by atoms with Crippen molar-refractivity contribution >= 4 is 5.91 Å². The van der Waals surface area contributed by atoms with E-state index in [2.05, 4.69) is 15.5 Å². The molecule has 0 radical (unpaired) electrons. The molecule has 2 unspecified atom stereocenters. The van der Waals surface area contributed by atoms with Gasteiger partial charge in [0.15, 0.2) is 0 Å². The van der Waals surface area contributed by atoms with Gasteiger partial charge in [0.2, 0.25) is 5.91 Å². The SMILES string of the molecule is CC1C(=O)NCCCN1CC1CCNC1. The molecule has 2 N–H and O–H groups in total. The van der Waals surface area contributed by atoms with E-state index in [1.165, 1.54) is 6.42 Å². The van der Waals surface area contributed by atoms with Gasteiger partial charge in [0.25, 0.3) is 0 Å². The summed E-state index contributed by atoms with van der Waals surface area (Å²) in [6.07, 6.45) is 2.33. The van der Waals surface area contributed by atoms with Crippen molar-refractivity contribution in [2.75, 3.05) is 32.7 Å². The van der Waals surface area contributed by atoms with Gasteiger partial charge >= 0.3 is 0 Å². The first-order chi connectivity index (χ1) is 7.27. The van der Waals surface area contributed by atoms with Crippen molar-refractivity contribution in [3.05, 3.63) is 0 Å². The van der Waals surface area contributed by atoms with Crippen LogP contribution in [0.1, 0.15) is 19.8 Å². The maximum absolute atomic E-state index is 11.6. The Balaban J connectivity index is 1.90. The van der Waals surface area contributed by atoms with E-state index in [1.54, 1.807) is 0 Å². The molecule has 0 aromatic carbocycles. The summed E-state index contributed by atoms with van der Waals surface area (Å²) in [5.41, 5.74) is 0. The molecule has 0 bridgehead atoms. The van der Waals surface area contributed by atoms with E-state index in [-0.39, 0.29) is 11.9 Å². The van der Waals surface area contributed by atoms with Crippen molar-refractivity contribution < 1.29 is 4.79 Å². The Morgan fingerprint density at radius 3 is 3.07 bits per heavy atom. The van der Waals surface area contributed by atoms with Crippen LogP contribution in [0.2, 0.25) is 0 Å². The molecule has 2 heterocycles. The minimum Gasteiger partial charge on any atom is -0.355 e. The first-order valence-corrected chi connectivity index (χ1v) is 6.00. The van der Waals surface area contributed by atoms with Crippen LogP contribution in [0.3, 0.4) is 0 Å². The molecule has 2 aliphatic rings. The Morgan fingerprint density at radius 1 is 1.47 bits per heavy atom. The van der Waals surface area contributed by atoms with Gasteiger partial charge in [-0.1, -0.05) is 0 Å². The Hall–Kier alpha value is -0.610. The second-order valence-electron chi connectivity index (χ2n) is 4.67. The lowest BCUT2D eigenvalue weighted by Gasteiger charge is -2.27. The zero-order chi connectivity index (χ0) is 10.7.